The zero-order valence-corrected chi connectivity index (χ0v) is 14.0. The summed E-state index contributed by atoms with van der Waals surface area (Å²) in [4.78, 5) is 0. The van der Waals surface area contributed by atoms with Crippen LogP contribution in [0.4, 0.5) is 0 Å². The smallest absolute Gasteiger partial charge is 0.00683 e. The number of unbranched alkanes of at least 4 members (excludes halogenated alkanes) is 4. The first-order valence-electron chi connectivity index (χ1n) is 9.07. The van der Waals surface area contributed by atoms with Crippen LogP contribution in [-0.4, -0.2) is 12.6 Å². The SMILES string of the molecule is CCCCCCCC(CNC1CC1)Cc1ccccc1C. The monoisotopic (exact) mass is 287 g/mol. The molecule has 1 unspecified atom stereocenters. The van der Waals surface area contributed by atoms with Gasteiger partial charge in [0.1, 0.15) is 0 Å². The average Bonchev–Trinajstić information content (AvgIpc) is 3.30. The second kappa shape index (κ2) is 9.25. The summed E-state index contributed by atoms with van der Waals surface area (Å²) >= 11 is 0. The van der Waals surface area contributed by atoms with E-state index in [-0.39, 0.29) is 0 Å². The van der Waals surface area contributed by atoms with Gasteiger partial charge in [-0.1, -0.05) is 63.3 Å². The van der Waals surface area contributed by atoms with E-state index in [1.165, 1.54) is 69.9 Å². The van der Waals surface area contributed by atoms with Crippen LogP contribution in [0.3, 0.4) is 0 Å². The van der Waals surface area contributed by atoms with Crippen molar-refractivity contribution in [2.45, 2.75) is 77.7 Å². The number of nitrogens with one attached hydrogen (secondary N) is 1. The maximum Gasteiger partial charge on any atom is 0.00683 e. The number of benzene rings is 1. The van der Waals surface area contributed by atoms with Crippen LogP contribution in [0, 0.1) is 12.8 Å². The maximum atomic E-state index is 3.75. The van der Waals surface area contributed by atoms with Crippen LogP contribution < -0.4 is 5.32 Å². The Balaban J connectivity index is 1.77. The quantitative estimate of drug-likeness (QED) is 0.547. The molecule has 0 bridgehead atoms. The van der Waals surface area contributed by atoms with Crippen molar-refractivity contribution < 1.29 is 0 Å². The molecule has 1 aromatic carbocycles. The van der Waals surface area contributed by atoms with Crippen molar-refractivity contribution in [1.29, 1.82) is 0 Å². The van der Waals surface area contributed by atoms with Gasteiger partial charge in [0.15, 0.2) is 0 Å². The van der Waals surface area contributed by atoms with Crippen molar-refractivity contribution in [3.63, 3.8) is 0 Å². The Labute approximate surface area is 131 Å². The van der Waals surface area contributed by atoms with Crippen LogP contribution in [0.5, 0.6) is 0 Å². The van der Waals surface area contributed by atoms with Gasteiger partial charge in [0.25, 0.3) is 0 Å². The Bertz CT molecular complexity index is 395. The summed E-state index contributed by atoms with van der Waals surface area (Å²) in [6.07, 6.45) is 12.4. The van der Waals surface area contributed by atoms with Crippen LogP contribution in [0.15, 0.2) is 24.3 Å². The highest BCUT2D eigenvalue weighted by Crippen LogP contribution is 2.22. The van der Waals surface area contributed by atoms with Gasteiger partial charge in [0, 0.05) is 6.04 Å². The summed E-state index contributed by atoms with van der Waals surface area (Å²) in [5, 5.41) is 3.75. The van der Waals surface area contributed by atoms with Crippen molar-refractivity contribution in [3.8, 4) is 0 Å². The molecular formula is C20H33N. The third-order valence-electron chi connectivity index (χ3n) is 4.76. The van der Waals surface area contributed by atoms with Crippen LogP contribution in [0.1, 0.15) is 69.4 Å². The van der Waals surface area contributed by atoms with Gasteiger partial charge < -0.3 is 5.32 Å². The molecule has 1 N–H and O–H groups in total. The highest BCUT2D eigenvalue weighted by Gasteiger charge is 2.22. The molecule has 0 amide bonds. The lowest BCUT2D eigenvalue weighted by atomic mass is 9.91. The summed E-state index contributed by atoms with van der Waals surface area (Å²) in [7, 11) is 0. The Morgan fingerprint density at radius 2 is 1.86 bits per heavy atom. The fraction of sp³-hybridized carbons (Fsp3) is 0.700. The second-order valence-corrected chi connectivity index (χ2v) is 6.88. The zero-order valence-electron chi connectivity index (χ0n) is 14.0. The van der Waals surface area contributed by atoms with Gasteiger partial charge in [-0.3, -0.25) is 0 Å². The molecular weight excluding hydrogens is 254 g/mol. The summed E-state index contributed by atoms with van der Waals surface area (Å²) < 4.78 is 0. The van der Waals surface area contributed by atoms with Crippen molar-refractivity contribution in [2.24, 2.45) is 5.92 Å². The lowest BCUT2D eigenvalue weighted by molar-refractivity contribution is 0.418. The summed E-state index contributed by atoms with van der Waals surface area (Å²) in [5.41, 5.74) is 3.01. The normalized spacial score (nSPS) is 16.1. The van der Waals surface area contributed by atoms with E-state index in [0.717, 1.165) is 12.0 Å². The predicted molar refractivity (Wildman–Crippen MR) is 92.8 cm³/mol. The first-order chi connectivity index (χ1) is 10.3. The second-order valence-electron chi connectivity index (χ2n) is 6.88. The molecule has 1 atom stereocenters. The average molecular weight is 287 g/mol. The van der Waals surface area contributed by atoms with E-state index in [4.69, 9.17) is 0 Å². The van der Waals surface area contributed by atoms with Gasteiger partial charge in [-0.15, -0.1) is 0 Å². The summed E-state index contributed by atoms with van der Waals surface area (Å²) in [5.74, 6) is 0.813. The molecule has 1 fully saturated rings. The Morgan fingerprint density at radius 1 is 1.10 bits per heavy atom. The molecule has 1 aromatic rings. The van der Waals surface area contributed by atoms with Crippen molar-refractivity contribution >= 4 is 0 Å². The molecule has 1 nitrogen and oxygen atoms in total. The first kappa shape index (κ1) is 16.5. The number of aryl methyl sites for hydroxylation is 1. The maximum absolute atomic E-state index is 3.75. The predicted octanol–water partition coefficient (Wildman–Crippen LogP) is 5.27. The first-order valence-corrected chi connectivity index (χ1v) is 9.07. The van der Waals surface area contributed by atoms with Gasteiger partial charge in [0.2, 0.25) is 0 Å². The van der Waals surface area contributed by atoms with E-state index in [1.54, 1.807) is 5.56 Å². The molecule has 21 heavy (non-hydrogen) atoms. The minimum absolute atomic E-state index is 0.813. The van der Waals surface area contributed by atoms with E-state index < -0.39 is 0 Å². The number of hydrogen-bond donors (Lipinski definition) is 1. The molecule has 1 saturated carbocycles. The third-order valence-corrected chi connectivity index (χ3v) is 4.76. The van der Waals surface area contributed by atoms with E-state index in [2.05, 4.69) is 43.4 Å². The molecule has 0 aromatic heterocycles. The van der Waals surface area contributed by atoms with Gasteiger partial charge >= 0.3 is 0 Å². The van der Waals surface area contributed by atoms with Crippen molar-refractivity contribution in [2.75, 3.05) is 6.54 Å². The van der Waals surface area contributed by atoms with Crippen LogP contribution >= 0.6 is 0 Å². The van der Waals surface area contributed by atoms with E-state index in [1.807, 2.05) is 0 Å². The topological polar surface area (TPSA) is 12.0 Å². The largest absolute Gasteiger partial charge is 0.314 e. The highest BCUT2D eigenvalue weighted by atomic mass is 14.9. The van der Waals surface area contributed by atoms with E-state index >= 15 is 0 Å². The molecule has 118 valence electrons. The van der Waals surface area contributed by atoms with E-state index in [0.29, 0.717) is 0 Å². The van der Waals surface area contributed by atoms with Crippen molar-refractivity contribution in [1.82, 2.24) is 5.32 Å². The third kappa shape index (κ3) is 6.65. The minimum atomic E-state index is 0.813. The Morgan fingerprint density at radius 3 is 2.57 bits per heavy atom. The molecule has 0 radical (unpaired) electrons. The fourth-order valence-corrected chi connectivity index (χ4v) is 3.08. The molecule has 1 aliphatic carbocycles. The molecule has 0 heterocycles. The lowest BCUT2D eigenvalue weighted by Gasteiger charge is -2.19. The van der Waals surface area contributed by atoms with E-state index in [9.17, 15) is 0 Å². The minimum Gasteiger partial charge on any atom is -0.314 e. The Hall–Kier alpha value is -0.820. The molecule has 0 aliphatic heterocycles. The molecule has 0 saturated heterocycles. The van der Waals surface area contributed by atoms with Gasteiger partial charge in [-0.25, -0.2) is 0 Å². The van der Waals surface area contributed by atoms with Gasteiger partial charge in [-0.05, 0) is 56.2 Å². The van der Waals surface area contributed by atoms with Crippen LogP contribution in [0.25, 0.3) is 0 Å². The van der Waals surface area contributed by atoms with Gasteiger partial charge in [0.05, 0.1) is 0 Å². The Kier molecular flexibility index (Phi) is 7.29. The van der Waals surface area contributed by atoms with Crippen molar-refractivity contribution in [3.05, 3.63) is 35.4 Å². The highest BCUT2D eigenvalue weighted by molar-refractivity contribution is 5.25. The summed E-state index contributed by atoms with van der Waals surface area (Å²) in [6, 6.07) is 9.75. The number of rotatable bonds is 11. The van der Waals surface area contributed by atoms with Gasteiger partial charge in [-0.2, -0.15) is 0 Å². The van der Waals surface area contributed by atoms with Crippen LogP contribution in [-0.2, 0) is 6.42 Å². The molecule has 1 aliphatic rings. The fourth-order valence-electron chi connectivity index (χ4n) is 3.08. The molecule has 1 heteroatoms. The molecule has 0 spiro atoms. The standard InChI is InChI=1S/C20H33N/c1-3-4-5-6-7-11-18(16-21-20-13-14-20)15-19-12-9-8-10-17(19)2/h8-10,12,18,20-21H,3-7,11,13-16H2,1-2H3. The number of hydrogen-bond acceptors (Lipinski definition) is 1. The van der Waals surface area contributed by atoms with Crippen LogP contribution in [0.2, 0.25) is 0 Å². The lowest BCUT2D eigenvalue weighted by Crippen LogP contribution is -2.26. The molecule has 2 rings (SSSR count). The zero-order chi connectivity index (χ0) is 14.9. The summed E-state index contributed by atoms with van der Waals surface area (Å²) in [6.45, 7) is 5.76.